The molecule has 0 N–H and O–H groups in total. The number of nitrogens with zero attached hydrogens (tertiary/aromatic N) is 3. The van der Waals surface area contributed by atoms with Gasteiger partial charge in [0.15, 0.2) is 10.9 Å². The normalized spacial score (nSPS) is 20.4. The van der Waals surface area contributed by atoms with E-state index in [4.69, 9.17) is 4.99 Å². The van der Waals surface area contributed by atoms with Crippen LogP contribution in [0.4, 0.5) is 13.2 Å². The third-order valence-corrected chi connectivity index (χ3v) is 7.33. The number of hydrogen-bond acceptors (Lipinski definition) is 4. The third-order valence-electron chi connectivity index (χ3n) is 6.47. The number of rotatable bonds is 3. The minimum absolute atomic E-state index is 0.0483. The Balaban J connectivity index is 1.64. The highest BCUT2D eigenvalue weighted by atomic mass is 32.2. The number of aliphatic imine (C=N–C) groups is 1. The van der Waals surface area contributed by atoms with Gasteiger partial charge in [-0.15, -0.1) is 0 Å². The lowest BCUT2D eigenvalue weighted by atomic mass is 9.71. The van der Waals surface area contributed by atoms with E-state index in [1.165, 1.54) is 17.3 Å². The molecule has 2 aromatic rings. The molecule has 0 fully saturated rings. The minimum atomic E-state index is -4.49. The van der Waals surface area contributed by atoms with E-state index in [9.17, 15) is 13.2 Å². The zero-order chi connectivity index (χ0) is 23.3. The second kappa shape index (κ2) is 8.15. The Hall–Kier alpha value is -1.89. The molecule has 1 unspecified atom stereocenters. The summed E-state index contributed by atoms with van der Waals surface area (Å²) in [5.74, 6) is 0.634. The summed E-state index contributed by atoms with van der Waals surface area (Å²) in [5, 5.41) is 0.189. The maximum Gasteiger partial charge on any atom is 0.433 e. The van der Waals surface area contributed by atoms with E-state index >= 15 is 0 Å². The van der Waals surface area contributed by atoms with Crippen molar-refractivity contribution in [3.8, 4) is 0 Å². The third kappa shape index (κ3) is 4.87. The summed E-state index contributed by atoms with van der Waals surface area (Å²) in [6.45, 7) is 10.4. The van der Waals surface area contributed by atoms with Crippen molar-refractivity contribution in [3.63, 3.8) is 0 Å². The number of alkyl halides is 3. The Bertz CT molecular complexity index is 1050. The molecule has 4 rings (SSSR count). The lowest BCUT2D eigenvalue weighted by molar-refractivity contribution is -0.142. The van der Waals surface area contributed by atoms with E-state index in [1.807, 2.05) is 18.2 Å². The molecule has 2 heterocycles. The van der Waals surface area contributed by atoms with Crippen LogP contribution in [-0.2, 0) is 25.4 Å². The predicted octanol–water partition coefficient (Wildman–Crippen LogP) is 6.56. The van der Waals surface area contributed by atoms with E-state index in [1.54, 1.807) is 0 Å². The fraction of sp³-hybridized carbons (Fsp3) is 0.560. The number of fused-ring (bicyclic) bond motifs is 2. The molecule has 0 saturated carbocycles. The fourth-order valence-electron chi connectivity index (χ4n) is 4.76. The second-order valence-corrected chi connectivity index (χ2v) is 11.5. The van der Waals surface area contributed by atoms with E-state index in [0.717, 1.165) is 24.1 Å². The molecule has 0 spiro atoms. The molecule has 32 heavy (non-hydrogen) atoms. The van der Waals surface area contributed by atoms with Gasteiger partial charge in [-0.1, -0.05) is 56.8 Å². The maximum absolute atomic E-state index is 13.9. The smallest absolute Gasteiger partial charge is 0.282 e. The lowest BCUT2D eigenvalue weighted by Crippen LogP contribution is -2.30. The summed E-state index contributed by atoms with van der Waals surface area (Å²) < 4.78 is 41.8. The molecule has 0 saturated heterocycles. The van der Waals surface area contributed by atoms with Crippen molar-refractivity contribution < 1.29 is 13.2 Å². The molecule has 0 amide bonds. The second-order valence-electron chi connectivity index (χ2n) is 10.6. The molecule has 2 aliphatic rings. The van der Waals surface area contributed by atoms with Crippen molar-refractivity contribution >= 4 is 17.5 Å². The molecule has 1 aliphatic heterocycles. The van der Waals surface area contributed by atoms with Crippen molar-refractivity contribution in [1.82, 2.24) is 9.97 Å². The van der Waals surface area contributed by atoms with Crippen LogP contribution in [0.1, 0.15) is 69.1 Å². The van der Waals surface area contributed by atoms with E-state index < -0.39 is 11.9 Å². The molecular weight excluding hydrogens is 431 g/mol. The molecule has 1 aromatic heterocycles. The van der Waals surface area contributed by atoms with Crippen LogP contribution in [0.2, 0.25) is 0 Å². The Labute approximate surface area is 192 Å². The lowest BCUT2D eigenvalue weighted by Gasteiger charge is -2.35. The first-order chi connectivity index (χ1) is 14.8. The summed E-state index contributed by atoms with van der Waals surface area (Å²) in [6, 6.07) is 8.11. The van der Waals surface area contributed by atoms with Gasteiger partial charge in [0.25, 0.3) is 0 Å². The van der Waals surface area contributed by atoms with Gasteiger partial charge in [-0.2, -0.15) is 13.2 Å². The van der Waals surface area contributed by atoms with Crippen molar-refractivity contribution in [2.24, 2.45) is 16.3 Å². The van der Waals surface area contributed by atoms with E-state index in [-0.39, 0.29) is 27.6 Å². The van der Waals surface area contributed by atoms with Gasteiger partial charge in [-0.05, 0) is 62.0 Å². The average molecular weight is 462 g/mol. The zero-order valence-electron chi connectivity index (χ0n) is 19.3. The van der Waals surface area contributed by atoms with Crippen LogP contribution in [0, 0.1) is 11.3 Å². The van der Waals surface area contributed by atoms with Gasteiger partial charge in [0.1, 0.15) is 0 Å². The van der Waals surface area contributed by atoms with Crippen LogP contribution in [0.5, 0.6) is 0 Å². The van der Waals surface area contributed by atoms with Crippen LogP contribution in [-0.4, -0.2) is 27.0 Å². The Morgan fingerprint density at radius 2 is 1.81 bits per heavy atom. The van der Waals surface area contributed by atoms with Gasteiger partial charge in [0.2, 0.25) is 0 Å². The molecule has 3 nitrogen and oxygen atoms in total. The van der Waals surface area contributed by atoms with Crippen molar-refractivity contribution in [3.05, 3.63) is 52.3 Å². The number of thioether (sulfide) groups is 1. The molecule has 172 valence electrons. The van der Waals surface area contributed by atoms with Crippen molar-refractivity contribution in [2.75, 3.05) is 5.75 Å². The largest absolute Gasteiger partial charge is 0.433 e. The van der Waals surface area contributed by atoms with Gasteiger partial charge in [0.05, 0.1) is 11.3 Å². The topological polar surface area (TPSA) is 38.1 Å². The quantitative estimate of drug-likeness (QED) is 0.384. The van der Waals surface area contributed by atoms with Crippen LogP contribution in [0.15, 0.2) is 34.4 Å². The monoisotopic (exact) mass is 461 g/mol. The number of hydrogen-bond donors (Lipinski definition) is 0. The Morgan fingerprint density at radius 1 is 1.09 bits per heavy atom. The maximum atomic E-state index is 13.9. The van der Waals surface area contributed by atoms with E-state index in [0.29, 0.717) is 24.3 Å². The summed E-state index contributed by atoms with van der Waals surface area (Å²) >= 11 is 1.25. The van der Waals surface area contributed by atoms with Gasteiger partial charge < -0.3 is 0 Å². The Morgan fingerprint density at radius 3 is 2.50 bits per heavy atom. The van der Waals surface area contributed by atoms with Crippen molar-refractivity contribution in [2.45, 2.75) is 77.2 Å². The first-order valence-electron chi connectivity index (χ1n) is 11.1. The van der Waals surface area contributed by atoms with E-state index in [2.05, 4.69) is 50.7 Å². The van der Waals surface area contributed by atoms with Gasteiger partial charge in [-0.3, -0.25) is 4.99 Å². The Kier molecular flexibility index (Phi) is 5.93. The number of halogens is 3. The van der Waals surface area contributed by atoms with Crippen molar-refractivity contribution in [1.29, 1.82) is 0 Å². The summed E-state index contributed by atoms with van der Waals surface area (Å²) in [7, 11) is 0. The van der Waals surface area contributed by atoms with Crippen LogP contribution in [0.3, 0.4) is 0 Å². The molecule has 1 aromatic carbocycles. The molecule has 1 atom stereocenters. The SMILES string of the molecule is CC1(C)Cc2ccccc2C(CSc2nc3c(c(C(F)(F)F)n2)CC(C(C)(C)C)CC3)=N1. The molecular formula is C25H30F3N3S. The standard InChI is InChI=1S/C25H30F3N3S/c1-23(2,3)16-10-11-19-18(12-16)21(25(26,27)28)30-22(29-19)32-14-20-17-9-7-6-8-15(17)13-24(4,5)31-20/h6-9,16H,10-14H2,1-5H3. The highest BCUT2D eigenvalue weighted by molar-refractivity contribution is 7.99. The number of aromatic nitrogens is 2. The van der Waals surface area contributed by atoms with Crippen LogP contribution < -0.4 is 0 Å². The first-order valence-corrected chi connectivity index (χ1v) is 12.1. The number of aryl methyl sites for hydroxylation is 1. The molecule has 0 bridgehead atoms. The summed E-state index contributed by atoms with van der Waals surface area (Å²) in [6.07, 6.45) is -1.85. The zero-order valence-corrected chi connectivity index (χ0v) is 20.1. The average Bonchev–Trinajstić information content (AvgIpc) is 2.68. The number of benzene rings is 1. The van der Waals surface area contributed by atoms with Gasteiger partial charge in [0, 0.05) is 17.0 Å². The van der Waals surface area contributed by atoms with Gasteiger partial charge >= 0.3 is 6.18 Å². The summed E-state index contributed by atoms with van der Waals surface area (Å²) in [5.41, 5.74) is 2.99. The highest BCUT2D eigenvalue weighted by Crippen LogP contribution is 2.42. The van der Waals surface area contributed by atoms with Crippen LogP contribution in [0.25, 0.3) is 0 Å². The first kappa shape index (κ1) is 23.3. The van der Waals surface area contributed by atoms with Gasteiger partial charge in [-0.25, -0.2) is 9.97 Å². The minimum Gasteiger partial charge on any atom is -0.282 e. The van der Waals surface area contributed by atoms with Crippen LogP contribution >= 0.6 is 11.8 Å². The summed E-state index contributed by atoms with van der Waals surface area (Å²) in [4.78, 5) is 13.5. The molecule has 0 radical (unpaired) electrons. The molecule has 7 heteroatoms. The predicted molar refractivity (Wildman–Crippen MR) is 123 cm³/mol. The molecule has 1 aliphatic carbocycles. The highest BCUT2D eigenvalue weighted by Gasteiger charge is 2.41. The fourth-order valence-corrected chi connectivity index (χ4v) is 5.57.